The van der Waals surface area contributed by atoms with Crippen molar-refractivity contribution in [1.82, 2.24) is 15.1 Å². The summed E-state index contributed by atoms with van der Waals surface area (Å²) in [6.07, 6.45) is 3.23. The van der Waals surface area contributed by atoms with E-state index in [1.807, 2.05) is 30.3 Å². The average molecular weight is 278 g/mol. The number of aromatic nitrogens is 3. The third-order valence-corrected chi connectivity index (χ3v) is 3.62. The normalized spacial score (nSPS) is 16.5. The Bertz CT molecular complexity index is 729. The molecule has 0 radical (unpaired) electrons. The van der Waals surface area contributed by atoms with Gasteiger partial charge in [0.2, 0.25) is 5.89 Å². The molecule has 0 spiro atoms. The summed E-state index contributed by atoms with van der Waals surface area (Å²) in [4.78, 5) is 8.77. The summed E-state index contributed by atoms with van der Waals surface area (Å²) < 4.78 is 5.40. The van der Waals surface area contributed by atoms with E-state index in [2.05, 4.69) is 32.6 Å². The maximum absolute atomic E-state index is 5.40. The minimum atomic E-state index is 0.0624. The number of benzene rings is 1. The van der Waals surface area contributed by atoms with E-state index in [1.54, 1.807) is 6.20 Å². The fourth-order valence-electron chi connectivity index (χ4n) is 2.59. The second-order valence-corrected chi connectivity index (χ2v) is 5.10. The number of fused-ring (bicyclic) bond motifs is 1. The number of nitrogens with zero attached hydrogens (tertiary/aromatic N) is 3. The lowest BCUT2D eigenvalue weighted by atomic mass is 10.1. The summed E-state index contributed by atoms with van der Waals surface area (Å²) in [5.74, 6) is 1.30. The average Bonchev–Trinajstić information content (AvgIpc) is 3.14. The standard InChI is InChI=1S/C16H14N4O/c1-2-7-13-11(5-1)9-14(18-13)16-19-15(20-21-16)10-12-6-3-4-8-17-12/h1-8,14,18H,9-10H2/t14-/m0/s1. The first kappa shape index (κ1) is 12.1. The molecular weight excluding hydrogens is 264 g/mol. The quantitative estimate of drug-likeness (QED) is 0.798. The molecule has 3 heterocycles. The van der Waals surface area contributed by atoms with Gasteiger partial charge in [0.25, 0.3) is 0 Å². The molecule has 2 aromatic heterocycles. The van der Waals surface area contributed by atoms with Crippen LogP contribution in [0.3, 0.4) is 0 Å². The van der Waals surface area contributed by atoms with Gasteiger partial charge in [0.05, 0.1) is 6.42 Å². The van der Waals surface area contributed by atoms with E-state index in [-0.39, 0.29) is 6.04 Å². The Morgan fingerprint density at radius 2 is 2.05 bits per heavy atom. The third kappa shape index (κ3) is 2.38. The van der Waals surface area contributed by atoms with Crippen LogP contribution in [0.25, 0.3) is 0 Å². The highest BCUT2D eigenvalue weighted by Gasteiger charge is 2.26. The van der Waals surface area contributed by atoms with Crippen molar-refractivity contribution in [3.8, 4) is 0 Å². The van der Waals surface area contributed by atoms with Crippen LogP contribution in [-0.4, -0.2) is 15.1 Å². The van der Waals surface area contributed by atoms with Gasteiger partial charge in [0.1, 0.15) is 6.04 Å². The molecule has 0 fully saturated rings. The molecule has 5 heteroatoms. The molecule has 3 aromatic rings. The second-order valence-electron chi connectivity index (χ2n) is 5.10. The molecule has 0 amide bonds. The van der Waals surface area contributed by atoms with E-state index in [0.717, 1.165) is 17.8 Å². The Morgan fingerprint density at radius 3 is 2.90 bits per heavy atom. The predicted molar refractivity (Wildman–Crippen MR) is 77.9 cm³/mol. The van der Waals surface area contributed by atoms with Crippen LogP contribution < -0.4 is 5.32 Å². The van der Waals surface area contributed by atoms with E-state index in [1.165, 1.54) is 5.56 Å². The minimum absolute atomic E-state index is 0.0624. The lowest BCUT2D eigenvalue weighted by molar-refractivity contribution is 0.360. The number of anilines is 1. The number of rotatable bonds is 3. The highest BCUT2D eigenvalue weighted by atomic mass is 16.5. The maximum Gasteiger partial charge on any atom is 0.249 e. The fraction of sp³-hybridized carbons (Fsp3) is 0.188. The van der Waals surface area contributed by atoms with Crippen LogP contribution >= 0.6 is 0 Å². The Balaban J connectivity index is 1.51. The number of pyridine rings is 1. The van der Waals surface area contributed by atoms with Gasteiger partial charge in [-0.2, -0.15) is 4.98 Å². The minimum Gasteiger partial charge on any atom is -0.373 e. The van der Waals surface area contributed by atoms with Gasteiger partial charge in [-0.1, -0.05) is 29.4 Å². The molecule has 5 nitrogen and oxygen atoms in total. The molecule has 104 valence electrons. The summed E-state index contributed by atoms with van der Waals surface area (Å²) in [6, 6.07) is 14.1. The molecule has 1 N–H and O–H groups in total. The molecule has 21 heavy (non-hydrogen) atoms. The predicted octanol–water partition coefficient (Wildman–Crippen LogP) is 2.76. The number of hydrogen-bond donors (Lipinski definition) is 1. The topological polar surface area (TPSA) is 63.8 Å². The van der Waals surface area contributed by atoms with Crippen molar-refractivity contribution < 1.29 is 4.52 Å². The van der Waals surface area contributed by atoms with Crippen LogP contribution in [0.5, 0.6) is 0 Å². The van der Waals surface area contributed by atoms with Gasteiger partial charge >= 0.3 is 0 Å². The Morgan fingerprint density at radius 1 is 1.14 bits per heavy atom. The van der Waals surface area contributed by atoms with E-state index in [9.17, 15) is 0 Å². The van der Waals surface area contributed by atoms with Crippen LogP contribution in [0.2, 0.25) is 0 Å². The van der Waals surface area contributed by atoms with Crippen molar-refractivity contribution >= 4 is 5.69 Å². The van der Waals surface area contributed by atoms with Crippen LogP contribution in [0.1, 0.15) is 29.0 Å². The van der Waals surface area contributed by atoms with Gasteiger partial charge in [-0.05, 0) is 23.8 Å². The summed E-state index contributed by atoms with van der Waals surface area (Å²) >= 11 is 0. The van der Waals surface area contributed by atoms with Crippen molar-refractivity contribution in [2.45, 2.75) is 18.9 Å². The molecular formula is C16H14N4O. The van der Waals surface area contributed by atoms with Crippen molar-refractivity contribution in [3.05, 3.63) is 71.6 Å². The molecule has 0 saturated heterocycles. The third-order valence-electron chi connectivity index (χ3n) is 3.62. The number of hydrogen-bond acceptors (Lipinski definition) is 5. The maximum atomic E-state index is 5.40. The van der Waals surface area contributed by atoms with Crippen molar-refractivity contribution in [2.24, 2.45) is 0 Å². The van der Waals surface area contributed by atoms with Crippen molar-refractivity contribution in [2.75, 3.05) is 5.32 Å². The van der Waals surface area contributed by atoms with Crippen LogP contribution in [0.4, 0.5) is 5.69 Å². The van der Waals surface area contributed by atoms with Gasteiger partial charge < -0.3 is 9.84 Å². The van der Waals surface area contributed by atoms with Crippen LogP contribution in [0.15, 0.2) is 53.2 Å². The fourth-order valence-corrected chi connectivity index (χ4v) is 2.59. The molecule has 1 aliphatic heterocycles. The van der Waals surface area contributed by atoms with E-state index >= 15 is 0 Å². The van der Waals surface area contributed by atoms with Gasteiger partial charge in [0.15, 0.2) is 5.82 Å². The number of para-hydroxylation sites is 1. The molecule has 4 rings (SSSR count). The van der Waals surface area contributed by atoms with Crippen LogP contribution in [0, 0.1) is 0 Å². The zero-order valence-electron chi connectivity index (χ0n) is 11.4. The Labute approximate surface area is 122 Å². The summed E-state index contributed by atoms with van der Waals surface area (Å²) in [5, 5.41) is 7.47. The first-order chi connectivity index (χ1) is 10.4. The summed E-state index contributed by atoms with van der Waals surface area (Å²) in [7, 11) is 0. The monoisotopic (exact) mass is 278 g/mol. The van der Waals surface area contributed by atoms with E-state index in [4.69, 9.17) is 4.52 Å². The lowest BCUT2D eigenvalue weighted by Crippen LogP contribution is -2.06. The Kier molecular flexibility index (Phi) is 2.88. The highest BCUT2D eigenvalue weighted by molar-refractivity contribution is 5.56. The van der Waals surface area contributed by atoms with Gasteiger partial charge in [-0.3, -0.25) is 4.98 Å². The highest BCUT2D eigenvalue weighted by Crippen LogP contribution is 2.33. The lowest BCUT2D eigenvalue weighted by Gasteiger charge is -2.04. The van der Waals surface area contributed by atoms with E-state index < -0.39 is 0 Å². The zero-order valence-corrected chi connectivity index (χ0v) is 11.4. The van der Waals surface area contributed by atoms with Gasteiger partial charge in [-0.15, -0.1) is 0 Å². The Hall–Kier alpha value is -2.69. The van der Waals surface area contributed by atoms with Crippen LogP contribution in [-0.2, 0) is 12.8 Å². The molecule has 1 atom stereocenters. The smallest absolute Gasteiger partial charge is 0.249 e. The van der Waals surface area contributed by atoms with Crippen molar-refractivity contribution in [1.29, 1.82) is 0 Å². The van der Waals surface area contributed by atoms with Crippen molar-refractivity contribution in [3.63, 3.8) is 0 Å². The molecule has 0 unspecified atom stereocenters. The first-order valence-corrected chi connectivity index (χ1v) is 6.95. The first-order valence-electron chi connectivity index (χ1n) is 6.95. The zero-order chi connectivity index (χ0) is 14.1. The van der Waals surface area contributed by atoms with Gasteiger partial charge in [-0.25, -0.2) is 0 Å². The molecule has 1 aliphatic rings. The SMILES string of the molecule is c1ccc(Cc2noc([C@@H]3Cc4ccccc4N3)n2)nc1. The molecule has 0 bridgehead atoms. The summed E-state index contributed by atoms with van der Waals surface area (Å²) in [6.45, 7) is 0. The molecule has 1 aromatic carbocycles. The largest absolute Gasteiger partial charge is 0.373 e. The van der Waals surface area contributed by atoms with E-state index in [0.29, 0.717) is 18.1 Å². The van der Waals surface area contributed by atoms with Gasteiger partial charge in [0, 0.05) is 24.0 Å². The number of nitrogens with one attached hydrogen (secondary N) is 1. The molecule has 0 saturated carbocycles. The summed E-state index contributed by atoms with van der Waals surface area (Å²) in [5.41, 5.74) is 3.37. The molecule has 0 aliphatic carbocycles. The second kappa shape index (κ2) is 5.01.